The molecule has 5 heteroatoms. The van der Waals surface area contributed by atoms with Gasteiger partial charge in [-0.05, 0) is 13.0 Å². The molecule has 0 radical (unpaired) electrons. The fourth-order valence-corrected chi connectivity index (χ4v) is 1.73. The van der Waals surface area contributed by atoms with Gasteiger partial charge in [0, 0.05) is 13.6 Å². The van der Waals surface area contributed by atoms with Crippen LogP contribution in [0, 0.1) is 0 Å². The zero-order valence-electron chi connectivity index (χ0n) is 6.95. The van der Waals surface area contributed by atoms with E-state index < -0.39 is 0 Å². The average Bonchev–Trinajstić information content (AvgIpc) is 2.30. The van der Waals surface area contributed by atoms with Crippen LogP contribution in [0.15, 0.2) is 0 Å². The first kappa shape index (κ1) is 9.61. The van der Waals surface area contributed by atoms with E-state index in [1.165, 1.54) is 0 Å². The van der Waals surface area contributed by atoms with Gasteiger partial charge in [-0.1, -0.05) is 0 Å². The van der Waals surface area contributed by atoms with Crippen molar-refractivity contribution in [1.82, 2.24) is 10.2 Å². The first-order valence-corrected chi connectivity index (χ1v) is 3.93. The zero-order chi connectivity index (χ0) is 7.84. The second-order valence-electron chi connectivity index (χ2n) is 3.09. The highest BCUT2D eigenvalue weighted by molar-refractivity contribution is 5.85. The highest BCUT2D eigenvalue weighted by atomic mass is 35.5. The average molecular weight is 193 g/mol. The van der Waals surface area contributed by atoms with Crippen molar-refractivity contribution in [2.75, 3.05) is 20.1 Å². The molecule has 0 aliphatic carbocycles. The Morgan fingerprint density at radius 2 is 2.42 bits per heavy atom. The van der Waals surface area contributed by atoms with Gasteiger partial charge in [-0.3, -0.25) is 0 Å². The van der Waals surface area contributed by atoms with Gasteiger partial charge < -0.3 is 15.0 Å². The van der Waals surface area contributed by atoms with Crippen molar-refractivity contribution in [3.63, 3.8) is 0 Å². The quantitative estimate of drug-likeness (QED) is 0.597. The number of hydrogen-bond acceptors (Lipinski definition) is 3. The molecule has 0 saturated carbocycles. The highest BCUT2D eigenvalue weighted by Gasteiger charge is 2.40. The van der Waals surface area contributed by atoms with E-state index in [0.29, 0.717) is 6.04 Å². The molecule has 0 aromatic heterocycles. The molecule has 2 fully saturated rings. The first-order valence-electron chi connectivity index (χ1n) is 3.93. The number of hydrogen-bond donors (Lipinski definition) is 1. The van der Waals surface area contributed by atoms with E-state index in [1.54, 1.807) is 11.9 Å². The lowest BCUT2D eigenvalue weighted by atomic mass is 10.0. The van der Waals surface area contributed by atoms with Gasteiger partial charge in [0.15, 0.2) is 0 Å². The smallest absolute Gasteiger partial charge is 0.410 e. The molecule has 70 valence electrons. The van der Waals surface area contributed by atoms with Gasteiger partial charge >= 0.3 is 6.09 Å². The SMILES string of the molecule is CN1C(=O)O[C@H]2CNCC[C@H]21.Cl. The Hall–Kier alpha value is -0.480. The number of piperidine rings is 1. The summed E-state index contributed by atoms with van der Waals surface area (Å²) in [6.45, 7) is 1.79. The second-order valence-corrected chi connectivity index (χ2v) is 3.09. The first-order chi connectivity index (χ1) is 5.29. The number of carbonyl (C=O) groups excluding carboxylic acids is 1. The molecule has 1 amide bonds. The molecule has 0 unspecified atom stereocenters. The van der Waals surface area contributed by atoms with E-state index >= 15 is 0 Å². The van der Waals surface area contributed by atoms with Gasteiger partial charge in [0.2, 0.25) is 0 Å². The lowest BCUT2D eigenvalue weighted by molar-refractivity contribution is 0.121. The Morgan fingerprint density at radius 3 is 3.08 bits per heavy atom. The Kier molecular flexibility index (Phi) is 2.80. The molecule has 2 aliphatic heterocycles. The van der Waals surface area contributed by atoms with E-state index in [4.69, 9.17) is 4.74 Å². The second kappa shape index (κ2) is 3.49. The van der Waals surface area contributed by atoms with E-state index in [1.807, 2.05) is 0 Å². The number of fused-ring (bicyclic) bond motifs is 1. The van der Waals surface area contributed by atoms with Crippen LogP contribution in [0.25, 0.3) is 0 Å². The largest absolute Gasteiger partial charge is 0.443 e. The third-order valence-electron chi connectivity index (χ3n) is 2.43. The maximum Gasteiger partial charge on any atom is 0.410 e. The standard InChI is InChI=1S/C7H12N2O2.ClH/c1-9-5-2-3-8-4-6(5)11-7(9)10;/h5-6,8H,2-4H2,1H3;1H/t5-,6+;/m1./s1. The monoisotopic (exact) mass is 192 g/mol. The van der Waals surface area contributed by atoms with Crippen LogP contribution in [-0.4, -0.2) is 43.3 Å². The number of carbonyl (C=O) groups is 1. The van der Waals surface area contributed by atoms with Crippen molar-refractivity contribution in [3.05, 3.63) is 0 Å². The maximum atomic E-state index is 11.0. The zero-order valence-corrected chi connectivity index (χ0v) is 7.76. The Balaban J connectivity index is 0.000000720. The molecular formula is C7H13ClN2O2. The number of rotatable bonds is 0. The van der Waals surface area contributed by atoms with Crippen molar-refractivity contribution in [1.29, 1.82) is 0 Å². The molecular weight excluding hydrogens is 180 g/mol. The summed E-state index contributed by atoms with van der Waals surface area (Å²) in [5, 5.41) is 3.19. The van der Waals surface area contributed by atoms with Crippen LogP contribution in [0.4, 0.5) is 4.79 Å². The minimum Gasteiger partial charge on any atom is -0.443 e. The van der Waals surface area contributed by atoms with Gasteiger partial charge in [0.1, 0.15) is 6.10 Å². The molecule has 2 heterocycles. The fourth-order valence-electron chi connectivity index (χ4n) is 1.73. The molecule has 0 aromatic carbocycles. The molecule has 1 N–H and O–H groups in total. The van der Waals surface area contributed by atoms with Gasteiger partial charge in [-0.2, -0.15) is 0 Å². The molecule has 0 aromatic rings. The summed E-state index contributed by atoms with van der Waals surface area (Å²) < 4.78 is 5.10. The summed E-state index contributed by atoms with van der Waals surface area (Å²) in [5.74, 6) is 0. The molecule has 0 spiro atoms. The summed E-state index contributed by atoms with van der Waals surface area (Å²) in [6, 6.07) is 0.309. The Morgan fingerprint density at radius 1 is 1.67 bits per heavy atom. The summed E-state index contributed by atoms with van der Waals surface area (Å²) >= 11 is 0. The van der Waals surface area contributed by atoms with Gasteiger partial charge in [-0.25, -0.2) is 4.79 Å². The minimum atomic E-state index is -0.177. The maximum absolute atomic E-state index is 11.0. The number of nitrogens with zero attached hydrogens (tertiary/aromatic N) is 1. The normalized spacial score (nSPS) is 33.8. The molecule has 2 saturated heterocycles. The van der Waals surface area contributed by atoms with Crippen molar-refractivity contribution < 1.29 is 9.53 Å². The number of ether oxygens (including phenoxy) is 1. The summed E-state index contributed by atoms with van der Waals surface area (Å²) in [5.41, 5.74) is 0. The third kappa shape index (κ3) is 1.36. The van der Waals surface area contributed by atoms with Crippen LogP contribution in [0.3, 0.4) is 0 Å². The Labute approximate surface area is 77.7 Å². The van der Waals surface area contributed by atoms with Crippen LogP contribution < -0.4 is 5.32 Å². The van der Waals surface area contributed by atoms with E-state index in [0.717, 1.165) is 19.5 Å². The number of likely N-dealkylation sites (N-methyl/N-ethyl adjacent to an activating group) is 1. The van der Waals surface area contributed by atoms with E-state index in [9.17, 15) is 4.79 Å². The van der Waals surface area contributed by atoms with E-state index in [2.05, 4.69) is 5.32 Å². The van der Waals surface area contributed by atoms with Crippen LogP contribution in [0.1, 0.15) is 6.42 Å². The molecule has 12 heavy (non-hydrogen) atoms. The molecule has 2 aliphatic rings. The molecule has 0 bridgehead atoms. The number of amides is 1. The van der Waals surface area contributed by atoms with Crippen LogP contribution in [0.5, 0.6) is 0 Å². The van der Waals surface area contributed by atoms with Gasteiger partial charge in [0.25, 0.3) is 0 Å². The van der Waals surface area contributed by atoms with Crippen molar-refractivity contribution in [3.8, 4) is 0 Å². The minimum absolute atomic E-state index is 0. The lowest BCUT2D eigenvalue weighted by Crippen LogP contribution is -2.46. The van der Waals surface area contributed by atoms with Crippen LogP contribution >= 0.6 is 12.4 Å². The van der Waals surface area contributed by atoms with Crippen LogP contribution in [0.2, 0.25) is 0 Å². The lowest BCUT2D eigenvalue weighted by Gasteiger charge is -2.26. The Bertz CT molecular complexity index is 188. The fraction of sp³-hybridized carbons (Fsp3) is 0.857. The highest BCUT2D eigenvalue weighted by Crippen LogP contribution is 2.21. The van der Waals surface area contributed by atoms with Crippen molar-refractivity contribution in [2.24, 2.45) is 0 Å². The van der Waals surface area contributed by atoms with Crippen molar-refractivity contribution in [2.45, 2.75) is 18.6 Å². The van der Waals surface area contributed by atoms with Gasteiger partial charge in [0.05, 0.1) is 6.04 Å². The summed E-state index contributed by atoms with van der Waals surface area (Å²) in [7, 11) is 1.80. The molecule has 4 nitrogen and oxygen atoms in total. The molecule has 2 atom stereocenters. The summed E-state index contributed by atoms with van der Waals surface area (Å²) in [4.78, 5) is 12.7. The molecule has 2 rings (SSSR count). The number of halogens is 1. The summed E-state index contributed by atoms with van der Waals surface area (Å²) in [6.07, 6.45) is 0.914. The van der Waals surface area contributed by atoms with Gasteiger partial charge in [-0.15, -0.1) is 12.4 Å². The van der Waals surface area contributed by atoms with Crippen LogP contribution in [-0.2, 0) is 4.74 Å². The third-order valence-corrected chi connectivity index (χ3v) is 2.43. The van der Waals surface area contributed by atoms with E-state index in [-0.39, 0.29) is 24.6 Å². The van der Waals surface area contributed by atoms with Crippen molar-refractivity contribution >= 4 is 18.5 Å². The predicted molar refractivity (Wildman–Crippen MR) is 46.6 cm³/mol. The topological polar surface area (TPSA) is 41.6 Å². The number of nitrogens with one attached hydrogen (secondary N) is 1. The predicted octanol–water partition coefficient (Wildman–Crippen LogP) is 0.221.